The second kappa shape index (κ2) is 9.73. The molecule has 0 aromatic heterocycles. The summed E-state index contributed by atoms with van der Waals surface area (Å²) in [4.78, 5) is 24.7. The van der Waals surface area contributed by atoms with Crippen molar-refractivity contribution in [3.05, 3.63) is 62.0 Å². The first-order chi connectivity index (χ1) is 12.4. The minimum absolute atomic E-state index is 0.348. The zero-order chi connectivity index (χ0) is 19.1. The van der Waals surface area contributed by atoms with E-state index in [9.17, 15) is 9.59 Å². The van der Waals surface area contributed by atoms with Gasteiger partial charge in [0.2, 0.25) is 0 Å². The lowest BCUT2D eigenvalue weighted by Crippen LogP contribution is -2.41. The first kappa shape index (κ1) is 20.5. The zero-order valence-electron chi connectivity index (χ0n) is 14.6. The van der Waals surface area contributed by atoms with Crippen molar-refractivity contribution in [3.8, 4) is 5.75 Å². The molecule has 0 fully saturated rings. The number of benzene rings is 2. The van der Waals surface area contributed by atoms with Gasteiger partial charge >= 0.3 is 0 Å². The van der Waals surface area contributed by atoms with Crippen molar-refractivity contribution >= 4 is 43.7 Å². The van der Waals surface area contributed by atoms with E-state index < -0.39 is 11.8 Å². The van der Waals surface area contributed by atoms with Crippen molar-refractivity contribution in [2.45, 2.75) is 26.7 Å². The summed E-state index contributed by atoms with van der Waals surface area (Å²) in [5.74, 6) is -0.369. The molecule has 26 heavy (non-hydrogen) atoms. The minimum Gasteiger partial charge on any atom is -0.493 e. The topological polar surface area (TPSA) is 67.4 Å². The Hall–Kier alpha value is -1.86. The van der Waals surface area contributed by atoms with Gasteiger partial charge in [-0.05, 0) is 49.2 Å². The maximum Gasteiger partial charge on any atom is 0.273 e. The van der Waals surface area contributed by atoms with Gasteiger partial charge in [0.05, 0.1) is 12.2 Å². The van der Waals surface area contributed by atoms with Crippen LogP contribution in [0.5, 0.6) is 5.75 Å². The fourth-order valence-electron chi connectivity index (χ4n) is 2.12. The Morgan fingerprint density at radius 1 is 1.04 bits per heavy atom. The molecule has 138 valence electrons. The van der Waals surface area contributed by atoms with E-state index in [1.807, 2.05) is 13.0 Å². The SMILES string of the molecule is CCCCOc1ccc(Br)cc1C(=O)NNC(=O)c1ccc(C)c(Br)c1. The number of carbonyl (C=O) groups excluding carboxylic acids is 2. The lowest BCUT2D eigenvalue weighted by atomic mass is 10.1. The predicted molar refractivity (Wildman–Crippen MR) is 108 cm³/mol. The van der Waals surface area contributed by atoms with Crippen LogP contribution in [0.1, 0.15) is 46.0 Å². The molecule has 2 amide bonds. The molecule has 0 saturated heterocycles. The lowest BCUT2D eigenvalue weighted by Gasteiger charge is -2.13. The van der Waals surface area contributed by atoms with Gasteiger partial charge in [-0.15, -0.1) is 0 Å². The van der Waals surface area contributed by atoms with Crippen LogP contribution >= 0.6 is 31.9 Å². The fourth-order valence-corrected chi connectivity index (χ4v) is 2.86. The van der Waals surface area contributed by atoms with E-state index in [0.717, 1.165) is 27.4 Å². The van der Waals surface area contributed by atoms with Gasteiger partial charge in [0, 0.05) is 14.5 Å². The Morgan fingerprint density at radius 2 is 1.77 bits per heavy atom. The Bertz CT molecular complexity index is 809. The monoisotopic (exact) mass is 482 g/mol. The molecule has 0 aliphatic rings. The van der Waals surface area contributed by atoms with Gasteiger partial charge in [-0.25, -0.2) is 0 Å². The first-order valence-electron chi connectivity index (χ1n) is 8.21. The molecular weight excluding hydrogens is 464 g/mol. The largest absolute Gasteiger partial charge is 0.493 e. The molecule has 0 aliphatic heterocycles. The lowest BCUT2D eigenvalue weighted by molar-refractivity contribution is 0.0844. The highest BCUT2D eigenvalue weighted by molar-refractivity contribution is 9.10. The summed E-state index contributed by atoms with van der Waals surface area (Å²) in [6.45, 7) is 4.53. The van der Waals surface area contributed by atoms with Crippen molar-refractivity contribution in [2.24, 2.45) is 0 Å². The van der Waals surface area contributed by atoms with E-state index in [4.69, 9.17) is 4.74 Å². The average molecular weight is 484 g/mol. The molecule has 0 heterocycles. The van der Waals surface area contributed by atoms with Gasteiger partial charge in [-0.3, -0.25) is 20.4 Å². The molecule has 0 saturated carbocycles. The molecule has 2 aromatic rings. The van der Waals surface area contributed by atoms with Gasteiger partial charge in [-0.2, -0.15) is 0 Å². The molecule has 0 radical (unpaired) electrons. The van der Waals surface area contributed by atoms with Gasteiger partial charge in [-0.1, -0.05) is 51.3 Å². The van der Waals surface area contributed by atoms with E-state index in [1.54, 1.807) is 30.3 Å². The highest BCUT2D eigenvalue weighted by Gasteiger charge is 2.15. The molecule has 0 spiro atoms. The van der Waals surface area contributed by atoms with E-state index in [-0.39, 0.29) is 0 Å². The van der Waals surface area contributed by atoms with Crippen LogP contribution in [0.25, 0.3) is 0 Å². The summed E-state index contributed by atoms with van der Waals surface area (Å²) in [6.07, 6.45) is 1.90. The summed E-state index contributed by atoms with van der Waals surface area (Å²) in [5.41, 5.74) is 6.67. The Labute approximate surface area is 169 Å². The molecule has 0 bridgehead atoms. The van der Waals surface area contributed by atoms with Crippen LogP contribution in [0.2, 0.25) is 0 Å². The average Bonchev–Trinajstić information content (AvgIpc) is 2.63. The summed E-state index contributed by atoms with van der Waals surface area (Å²) in [7, 11) is 0. The Morgan fingerprint density at radius 3 is 2.46 bits per heavy atom. The highest BCUT2D eigenvalue weighted by atomic mass is 79.9. The maximum absolute atomic E-state index is 12.5. The number of unbranched alkanes of at least 4 members (excludes halogenated alkanes) is 1. The molecule has 0 unspecified atom stereocenters. The number of aryl methyl sites for hydroxylation is 1. The number of halogens is 2. The number of hydrogen-bond acceptors (Lipinski definition) is 3. The quantitative estimate of drug-likeness (QED) is 0.459. The van der Waals surface area contributed by atoms with Crippen molar-refractivity contribution in [3.63, 3.8) is 0 Å². The number of carbonyl (C=O) groups is 2. The Kier molecular flexibility index (Phi) is 7.66. The number of hydrogen-bond donors (Lipinski definition) is 2. The number of rotatable bonds is 6. The van der Waals surface area contributed by atoms with Crippen molar-refractivity contribution < 1.29 is 14.3 Å². The van der Waals surface area contributed by atoms with Crippen LogP contribution in [0.3, 0.4) is 0 Å². The second-order valence-electron chi connectivity index (χ2n) is 5.71. The number of amides is 2. The van der Waals surface area contributed by atoms with Crippen LogP contribution in [0, 0.1) is 6.92 Å². The minimum atomic E-state index is -0.447. The van der Waals surface area contributed by atoms with E-state index in [0.29, 0.717) is 23.5 Å². The highest BCUT2D eigenvalue weighted by Crippen LogP contribution is 2.23. The van der Waals surface area contributed by atoms with Crippen molar-refractivity contribution in [1.29, 1.82) is 0 Å². The molecule has 7 heteroatoms. The zero-order valence-corrected chi connectivity index (χ0v) is 17.7. The van der Waals surface area contributed by atoms with Crippen molar-refractivity contribution in [2.75, 3.05) is 6.61 Å². The normalized spacial score (nSPS) is 10.3. The third-order valence-electron chi connectivity index (χ3n) is 3.67. The van der Waals surface area contributed by atoms with Gasteiger partial charge in [0.15, 0.2) is 0 Å². The number of hydrazine groups is 1. The summed E-state index contributed by atoms with van der Waals surface area (Å²) in [6, 6.07) is 10.4. The van der Waals surface area contributed by atoms with Crippen LogP contribution in [0.15, 0.2) is 45.3 Å². The van der Waals surface area contributed by atoms with Crippen LogP contribution < -0.4 is 15.6 Å². The number of ether oxygens (including phenoxy) is 1. The van der Waals surface area contributed by atoms with Crippen molar-refractivity contribution in [1.82, 2.24) is 10.9 Å². The molecule has 0 aliphatic carbocycles. The number of nitrogens with one attached hydrogen (secondary N) is 2. The van der Waals surface area contributed by atoms with E-state index >= 15 is 0 Å². The standard InChI is InChI=1S/C19H20Br2N2O3/c1-3-4-9-26-17-8-7-14(20)11-15(17)19(25)23-22-18(24)13-6-5-12(2)16(21)10-13/h5-8,10-11H,3-4,9H2,1-2H3,(H,22,24)(H,23,25). The summed E-state index contributed by atoms with van der Waals surface area (Å²) in [5, 5.41) is 0. The summed E-state index contributed by atoms with van der Waals surface area (Å²) < 4.78 is 7.25. The summed E-state index contributed by atoms with van der Waals surface area (Å²) >= 11 is 6.74. The molecular formula is C19H20Br2N2O3. The molecule has 5 nitrogen and oxygen atoms in total. The maximum atomic E-state index is 12.5. The first-order valence-corrected chi connectivity index (χ1v) is 9.80. The predicted octanol–water partition coefficient (Wildman–Crippen LogP) is 4.77. The molecule has 2 aromatic carbocycles. The van der Waals surface area contributed by atoms with Crippen LogP contribution in [-0.2, 0) is 0 Å². The van der Waals surface area contributed by atoms with E-state index in [1.165, 1.54) is 0 Å². The smallest absolute Gasteiger partial charge is 0.273 e. The molecule has 2 N–H and O–H groups in total. The van der Waals surface area contributed by atoms with Crippen LogP contribution in [-0.4, -0.2) is 18.4 Å². The third kappa shape index (κ3) is 5.57. The molecule has 2 rings (SSSR count). The Balaban J connectivity index is 2.05. The van der Waals surface area contributed by atoms with Crippen LogP contribution in [0.4, 0.5) is 0 Å². The van der Waals surface area contributed by atoms with Gasteiger partial charge in [0.1, 0.15) is 5.75 Å². The van der Waals surface area contributed by atoms with Gasteiger partial charge < -0.3 is 4.74 Å². The molecule has 0 atom stereocenters. The second-order valence-corrected chi connectivity index (χ2v) is 7.48. The van der Waals surface area contributed by atoms with E-state index in [2.05, 4.69) is 49.6 Å². The van der Waals surface area contributed by atoms with Gasteiger partial charge in [0.25, 0.3) is 11.8 Å². The third-order valence-corrected chi connectivity index (χ3v) is 5.01. The fraction of sp³-hybridized carbons (Fsp3) is 0.263.